The van der Waals surface area contributed by atoms with Gasteiger partial charge in [0, 0.05) is 18.3 Å². The molecule has 0 atom stereocenters. The van der Waals surface area contributed by atoms with Gasteiger partial charge < -0.3 is 20.3 Å². The maximum Gasteiger partial charge on any atom is 0.335 e. The van der Waals surface area contributed by atoms with Crippen LogP contribution in [-0.4, -0.2) is 43.4 Å². The van der Waals surface area contributed by atoms with Gasteiger partial charge in [0.15, 0.2) is 11.0 Å². The van der Waals surface area contributed by atoms with Gasteiger partial charge in [0.1, 0.15) is 5.82 Å². The van der Waals surface area contributed by atoms with Crippen molar-refractivity contribution in [1.29, 1.82) is 0 Å². The number of aromatic nitrogens is 3. The molecule has 160 valence electrons. The maximum absolute atomic E-state index is 13.0. The van der Waals surface area contributed by atoms with Crippen LogP contribution in [0.2, 0.25) is 0 Å². The fourth-order valence-electron chi connectivity index (χ4n) is 2.54. The maximum atomic E-state index is 13.0. The summed E-state index contributed by atoms with van der Waals surface area (Å²) in [5.74, 6) is -1.70. The van der Waals surface area contributed by atoms with E-state index in [0.29, 0.717) is 22.2 Å². The summed E-state index contributed by atoms with van der Waals surface area (Å²) in [5, 5.41) is 22.8. The number of nitrogens with one attached hydrogen (secondary N) is 2. The number of halogens is 1. The lowest BCUT2D eigenvalue weighted by atomic mass is 10.2. The molecule has 1 aromatic heterocycles. The molecule has 9 nitrogen and oxygen atoms in total. The summed E-state index contributed by atoms with van der Waals surface area (Å²) in [6, 6.07) is 11.1. The fraction of sp³-hybridized carbons (Fsp3) is 0.150. The Morgan fingerprint density at radius 1 is 1.10 bits per heavy atom. The van der Waals surface area contributed by atoms with E-state index in [9.17, 15) is 18.8 Å². The molecule has 0 fully saturated rings. The number of anilines is 1. The van der Waals surface area contributed by atoms with E-state index in [4.69, 9.17) is 5.11 Å². The van der Waals surface area contributed by atoms with Crippen LogP contribution < -0.4 is 10.6 Å². The van der Waals surface area contributed by atoms with Crippen LogP contribution in [0.1, 0.15) is 26.5 Å². The van der Waals surface area contributed by atoms with E-state index in [2.05, 4.69) is 20.8 Å². The Morgan fingerprint density at radius 3 is 2.55 bits per heavy atom. The lowest BCUT2D eigenvalue weighted by molar-refractivity contribution is -0.113. The lowest BCUT2D eigenvalue weighted by Gasteiger charge is -2.07. The van der Waals surface area contributed by atoms with Gasteiger partial charge >= 0.3 is 5.97 Å². The first-order valence-corrected chi connectivity index (χ1v) is 10.00. The number of benzene rings is 2. The van der Waals surface area contributed by atoms with E-state index in [-0.39, 0.29) is 29.7 Å². The highest BCUT2D eigenvalue weighted by Gasteiger charge is 2.14. The standard InChI is InChI=1S/C20H18FN5O4S/c1-26-16(10-22-18(28)12-5-7-14(21)8-6-12)24-25-20(26)31-11-17(27)23-15-4-2-3-13(9-15)19(29)30/h2-9H,10-11H2,1H3,(H,22,28)(H,23,27)(H,29,30). The number of rotatable bonds is 8. The van der Waals surface area contributed by atoms with Gasteiger partial charge in [-0.1, -0.05) is 17.8 Å². The van der Waals surface area contributed by atoms with Crippen molar-refractivity contribution in [1.82, 2.24) is 20.1 Å². The number of aromatic carboxylic acids is 1. The third-order valence-corrected chi connectivity index (χ3v) is 5.18. The summed E-state index contributed by atoms with van der Waals surface area (Å²) >= 11 is 1.14. The highest BCUT2D eigenvalue weighted by atomic mass is 32.2. The Hall–Kier alpha value is -3.73. The van der Waals surface area contributed by atoms with Crippen LogP contribution in [0.25, 0.3) is 0 Å². The molecule has 3 rings (SSSR count). The van der Waals surface area contributed by atoms with Crippen LogP contribution in [0.4, 0.5) is 10.1 Å². The van der Waals surface area contributed by atoms with Crippen LogP contribution in [0, 0.1) is 5.82 Å². The molecule has 11 heteroatoms. The predicted molar refractivity (Wildman–Crippen MR) is 111 cm³/mol. The van der Waals surface area contributed by atoms with Gasteiger partial charge in [-0.05, 0) is 42.5 Å². The van der Waals surface area contributed by atoms with E-state index < -0.39 is 11.8 Å². The molecule has 0 radical (unpaired) electrons. The molecule has 1 heterocycles. The molecular weight excluding hydrogens is 425 g/mol. The van der Waals surface area contributed by atoms with Crippen molar-refractivity contribution in [2.75, 3.05) is 11.1 Å². The highest BCUT2D eigenvalue weighted by Crippen LogP contribution is 2.17. The molecule has 0 unspecified atom stereocenters. The van der Waals surface area contributed by atoms with Crippen molar-refractivity contribution in [2.24, 2.45) is 7.05 Å². The third-order valence-electron chi connectivity index (χ3n) is 4.16. The molecule has 0 saturated carbocycles. The van der Waals surface area contributed by atoms with Gasteiger partial charge in [-0.25, -0.2) is 9.18 Å². The number of amides is 2. The average Bonchev–Trinajstić information content (AvgIpc) is 3.10. The second-order valence-electron chi connectivity index (χ2n) is 6.37. The summed E-state index contributed by atoms with van der Waals surface area (Å²) in [6.45, 7) is 0.106. The summed E-state index contributed by atoms with van der Waals surface area (Å²) in [6.07, 6.45) is 0. The number of thioether (sulfide) groups is 1. The van der Waals surface area contributed by atoms with Crippen molar-refractivity contribution < 1.29 is 23.9 Å². The largest absolute Gasteiger partial charge is 0.478 e. The number of hydrogen-bond donors (Lipinski definition) is 3. The average molecular weight is 443 g/mol. The summed E-state index contributed by atoms with van der Waals surface area (Å²) in [5.41, 5.74) is 0.778. The Bertz CT molecular complexity index is 1120. The third kappa shape index (κ3) is 5.89. The fourth-order valence-corrected chi connectivity index (χ4v) is 3.27. The van der Waals surface area contributed by atoms with E-state index >= 15 is 0 Å². The lowest BCUT2D eigenvalue weighted by Crippen LogP contribution is -2.24. The molecule has 0 aliphatic carbocycles. The summed E-state index contributed by atoms with van der Waals surface area (Å²) < 4.78 is 14.6. The van der Waals surface area contributed by atoms with Crippen LogP contribution >= 0.6 is 11.8 Å². The molecule has 0 aliphatic rings. The molecular formula is C20H18FN5O4S. The van der Waals surface area contributed by atoms with E-state index in [1.54, 1.807) is 23.7 Å². The molecule has 0 saturated heterocycles. The quantitative estimate of drug-likeness (QED) is 0.456. The van der Waals surface area contributed by atoms with Crippen molar-refractivity contribution >= 4 is 35.2 Å². The zero-order valence-electron chi connectivity index (χ0n) is 16.3. The molecule has 3 aromatic rings. The van der Waals surface area contributed by atoms with Crippen LogP contribution in [0.5, 0.6) is 0 Å². The minimum atomic E-state index is -1.08. The number of hydrogen-bond acceptors (Lipinski definition) is 6. The number of carboxylic acids is 1. The Balaban J connectivity index is 1.52. The zero-order chi connectivity index (χ0) is 22.4. The Kier molecular flexibility index (Phi) is 6.98. The van der Waals surface area contributed by atoms with E-state index in [1.807, 2.05) is 0 Å². The highest BCUT2D eigenvalue weighted by molar-refractivity contribution is 7.99. The van der Waals surface area contributed by atoms with Gasteiger partial charge in [0.05, 0.1) is 17.9 Å². The van der Waals surface area contributed by atoms with Gasteiger partial charge in [-0.15, -0.1) is 10.2 Å². The number of carbonyl (C=O) groups excluding carboxylic acids is 2. The first-order valence-electron chi connectivity index (χ1n) is 9.01. The second-order valence-corrected chi connectivity index (χ2v) is 7.31. The number of nitrogens with zero attached hydrogens (tertiary/aromatic N) is 3. The van der Waals surface area contributed by atoms with Crippen molar-refractivity contribution in [2.45, 2.75) is 11.7 Å². The smallest absolute Gasteiger partial charge is 0.335 e. The van der Waals surface area contributed by atoms with Crippen molar-refractivity contribution in [3.63, 3.8) is 0 Å². The minimum Gasteiger partial charge on any atom is -0.478 e. The molecule has 31 heavy (non-hydrogen) atoms. The van der Waals surface area contributed by atoms with E-state index in [0.717, 1.165) is 11.8 Å². The van der Waals surface area contributed by atoms with Crippen molar-refractivity contribution in [3.8, 4) is 0 Å². The van der Waals surface area contributed by atoms with Gasteiger partial charge in [0.2, 0.25) is 5.91 Å². The first-order chi connectivity index (χ1) is 14.8. The molecule has 2 aromatic carbocycles. The SMILES string of the molecule is Cn1c(CNC(=O)c2ccc(F)cc2)nnc1SCC(=O)Nc1cccc(C(=O)O)c1. The molecule has 0 aliphatic heterocycles. The second kappa shape index (κ2) is 9.85. The molecule has 3 N–H and O–H groups in total. The predicted octanol–water partition coefficient (Wildman–Crippen LogP) is 2.31. The van der Waals surface area contributed by atoms with Gasteiger partial charge in [0.25, 0.3) is 5.91 Å². The van der Waals surface area contributed by atoms with Gasteiger partial charge in [-0.2, -0.15) is 0 Å². The van der Waals surface area contributed by atoms with Crippen LogP contribution in [0.3, 0.4) is 0 Å². The Morgan fingerprint density at radius 2 is 1.84 bits per heavy atom. The monoisotopic (exact) mass is 443 g/mol. The molecule has 0 bridgehead atoms. The first kappa shape index (κ1) is 22.0. The van der Waals surface area contributed by atoms with Crippen LogP contribution in [-0.2, 0) is 18.4 Å². The Labute approximate surface area is 180 Å². The molecule has 2 amide bonds. The van der Waals surface area contributed by atoms with Gasteiger partial charge in [-0.3, -0.25) is 9.59 Å². The number of carbonyl (C=O) groups is 3. The summed E-state index contributed by atoms with van der Waals surface area (Å²) in [4.78, 5) is 35.3. The minimum absolute atomic E-state index is 0.0329. The van der Waals surface area contributed by atoms with Crippen LogP contribution in [0.15, 0.2) is 53.7 Å². The molecule has 0 spiro atoms. The topological polar surface area (TPSA) is 126 Å². The van der Waals surface area contributed by atoms with Crippen molar-refractivity contribution in [3.05, 3.63) is 71.3 Å². The normalized spacial score (nSPS) is 10.5. The summed E-state index contributed by atoms with van der Waals surface area (Å²) in [7, 11) is 1.70. The zero-order valence-corrected chi connectivity index (χ0v) is 17.1. The van der Waals surface area contributed by atoms with E-state index in [1.165, 1.54) is 36.4 Å². The number of carboxylic acid groups (broad SMARTS) is 1.